The van der Waals surface area contributed by atoms with Crippen LogP contribution < -0.4 is 0 Å². The van der Waals surface area contributed by atoms with Crippen LogP contribution in [0.2, 0.25) is 0 Å². The van der Waals surface area contributed by atoms with Gasteiger partial charge in [0.15, 0.2) is 0 Å². The van der Waals surface area contributed by atoms with Gasteiger partial charge in [-0.05, 0) is 81.3 Å². The van der Waals surface area contributed by atoms with Gasteiger partial charge in [-0.1, -0.05) is 31.4 Å². The maximum Gasteiger partial charge on any atom is 0.254 e. The third-order valence-electron chi connectivity index (χ3n) is 9.48. The summed E-state index contributed by atoms with van der Waals surface area (Å²) in [6, 6.07) is 7.21. The third-order valence-corrected chi connectivity index (χ3v) is 9.48. The van der Waals surface area contributed by atoms with E-state index in [2.05, 4.69) is 48.8 Å². The molecule has 8 heteroatoms. The highest BCUT2D eigenvalue weighted by atomic mass is 16.2. The van der Waals surface area contributed by atoms with Gasteiger partial charge in [0, 0.05) is 49.5 Å². The van der Waals surface area contributed by atoms with Crippen LogP contribution in [-0.2, 0) is 19.6 Å². The third kappa shape index (κ3) is 6.12. The molecule has 3 fully saturated rings. The quantitative estimate of drug-likeness (QED) is 0.433. The Hall–Kier alpha value is -2.97. The van der Waals surface area contributed by atoms with Gasteiger partial charge in [0.05, 0.1) is 13.1 Å². The van der Waals surface area contributed by atoms with Crippen molar-refractivity contribution in [1.29, 1.82) is 0 Å². The Balaban J connectivity index is 1.06. The molecule has 39 heavy (non-hydrogen) atoms. The standard InChI is InChI=1S/C31H43N7O/c1-24-19-25(20-36-16-9-31(10-17-36)11-18-37(23-31)26-5-3-2-4-6-26)7-8-27(24)30(39)38(21-28-32-12-13-33-28)22-29-34-14-15-35-29/h7-8,12-15,19,26H,2-6,9-11,16-18,20-23H2,1H3,(H,32,33)(H,34,35). The molecule has 0 radical (unpaired) electrons. The zero-order valence-electron chi connectivity index (χ0n) is 23.4. The molecule has 2 N–H and O–H groups in total. The largest absolute Gasteiger partial charge is 0.347 e. The van der Waals surface area contributed by atoms with Crippen LogP contribution in [0, 0.1) is 12.3 Å². The molecule has 1 aliphatic carbocycles. The minimum atomic E-state index is -0.00415. The number of piperidine rings is 1. The number of H-pyrrole nitrogens is 2. The van der Waals surface area contributed by atoms with Gasteiger partial charge in [0.25, 0.3) is 5.91 Å². The highest BCUT2D eigenvalue weighted by Gasteiger charge is 2.42. The van der Waals surface area contributed by atoms with Crippen LogP contribution in [-0.4, -0.2) is 72.8 Å². The first-order valence-corrected chi connectivity index (χ1v) is 14.9. The molecule has 1 aromatic carbocycles. The summed E-state index contributed by atoms with van der Waals surface area (Å²) < 4.78 is 0. The van der Waals surface area contributed by atoms with Gasteiger partial charge in [-0.15, -0.1) is 0 Å². The Labute approximate surface area is 232 Å². The second-order valence-electron chi connectivity index (χ2n) is 12.2. The number of likely N-dealkylation sites (tertiary alicyclic amines) is 2. The molecule has 2 aliphatic heterocycles. The first-order chi connectivity index (χ1) is 19.1. The molecule has 208 valence electrons. The minimum Gasteiger partial charge on any atom is -0.347 e. The molecule has 1 spiro atoms. The number of aryl methyl sites for hydroxylation is 1. The average Bonchev–Trinajstić information content (AvgIpc) is 3.74. The number of imidazole rings is 2. The summed E-state index contributed by atoms with van der Waals surface area (Å²) >= 11 is 0. The van der Waals surface area contributed by atoms with Gasteiger partial charge in [0.1, 0.15) is 11.6 Å². The lowest BCUT2D eigenvalue weighted by molar-refractivity contribution is 0.0720. The van der Waals surface area contributed by atoms with E-state index in [1.165, 1.54) is 83.1 Å². The van der Waals surface area contributed by atoms with Gasteiger partial charge >= 0.3 is 0 Å². The van der Waals surface area contributed by atoms with Crippen LogP contribution in [0.15, 0.2) is 43.0 Å². The lowest BCUT2D eigenvalue weighted by Crippen LogP contribution is -2.43. The van der Waals surface area contributed by atoms with E-state index in [9.17, 15) is 4.79 Å². The Kier molecular flexibility index (Phi) is 7.84. The summed E-state index contributed by atoms with van der Waals surface area (Å²) in [7, 11) is 0. The number of benzene rings is 1. The number of aromatic nitrogens is 4. The number of rotatable bonds is 8. The lowest BCUT2D eigenvalue weighted by Gasteiger charge is -2.40. The molecular formula is C31H43N7O. The smallest absolute Gasteiger partial charge is 0.254 e. The molecule has 0 bridgehead atoms. The Morgan fingerprint density at radius 1 is 0.974 bits per heavy atom. The number of hydrogen-bond donors (Lipinski definition) is 2. The van der Waals surface area contributed by atoms with E-state index in [1.807, 2.05) is 6.07 Å². The van der Waals surface area contributed by atoms with Crippen molar-refractivity contribution in [3.05, 3.63) is 71.3 Å². The van der Waals surface area contributed by atoms with Crippen molar-refractivity contribution in [3.8, 4) is 0 Å². The molecule has 8 nitrogen and oxygen atoms in total. The number of nitrogens with one attached hydrogen (secondary N) is 2. The lowest BCUT2D eigenvalue weighted by atomic mass is 9.77. The predicted octanol–water partition coefficient (Wildman–Crippen LogP) is 4.90. The second kappa shape index (κ2) is 11.6. The topological polar surface area (TPSA) is 84.2 Å². The van der Waals surface area contributed by atoms with Crippen molar-refractivity contribution in [2.75, 3.05) is 26.2 Å². The van der Waals surface area contributed by atoms with Crippen LogP contribution in [0.3, 0.4) is 0 Å². The monoisotopic (exact) mass is 529 g/mol. The van der Waals surface area contributed by atoms with E-state index < -0.39 is 0 Å². The van der Waals surface area contributed by atoms with Gasteiger partial charge in [0.2, 0.25) is 0 Å². The molecule has 6 rings (SSSR count). The number of carbonyl (C=O) groups is 1. The Bertz CT molecular complexity index is 1170. The zero-order valence-corrected chi connectivity index (χ0v) is 23.4. The summed E-state index contributed by atoms with van der Waals surface area (Å²) in [6.45, 7) is 8.82. The summed E-state index contributed by atoms with van der Waals surface area (Å²) in [5.41, 5.74) is 3.60. The molecule has 2 aromatic heterocycles. The van der Waals surface area contributed by atoms with Crippen molar-refractivity contribution in [2.45, 2.75) is 84.0 Å². The van der Waals surface area contributed by atoms with Crippen LogP contribution in [0.5, 0.6) is 0 Å². The van der Waals surface area contributed by atoms with Crippen molar-refractivity contribution < 1.29 is 4.79 Å². The first-order valence-electron chi connectivity index (χ1n) is 14.9. The molecule has 2 saturated heterocycles. The van der Waals surface area contributed by atoms with E-state index >= 15 is 0 Å². The maximum atomic E-state index is 13.6. The fraction of sp³-hybridized carbons (Fsp3) is 0.581. The Morgan fingerprint density at radius 3 is 2.26 bits per heavy atom. The van der Waals surface area contributed by atoms with Gasteiger partial charge in [-0.2, -0.15) is 0 Å². The molecule has 0 unspecified atom stereocenters. The number of amides is 1. The summed E-state index contributed by atoms with van der Waals surface area (Å²) in [5, 5.41) is 0. The van der Waals surface area contributed by atoms with E-state index in [0.717, 1.165) is 35.4 Å². The highest BCUT2D eigenvalue weighted by Crippen LogP contribution is 2.42. The van der Waals surface area contributed by atoms with Crippen molar-refractivity contribution in [1.82, 2.24) is 34.6 Å². The van der Waals surface area contributed by atoms with E-state index in [4.69, 9.17) is 0 Å². The molecule has 4 heterocycles. The second-order valence-corrected chi connectivity index (χ2v) is 12.2. The van der Waals surface area contributed by atoms with Crippen LogP contribution in [0.1, 0.15) is 84.5 Å². The summed E-state index contributed by atoms with van der Waals surface area (Å²) in [6.07, 6.45) is 18.2. The normalized spacial score (nSPS) is 20.5. The number of hydrogen-bond acceptors (Lipinski definition) is 5. The summed E-state index contributed by atoms with van der Waals surface area (Å²) in [5.74, 6) is 1.52. The summed E-state index contributed by atoms with van der Waals surface area (Å²) in [4.78, 5) is 35.8. The van der Waals surface area contributed by atoms with E-state index in [1.54, 1.807) is 29.7 Å². The zero-order chi connectivity index (χ0) is 26.7. The van der Waals surface area contributed by atoms with Crippen molar-refractivity contribution in [3.63, 3.8) is 0 Å². The number of nitrogens with zero attached hydrogens (tertiary/aromatic N) is 5. The molecule has 3 aliphatic rings. The minimum absolute atomic E-state index is 0.00415. The van der Waals surface area contributed by atoms with Crippen LogP contribution >= 0.6 is 0 Å². The molecule has 1 saturated carbocycles. The van der Waals surface area contributed by atoms with Crippen LogP contribution in [0.4, 0.5) is 0 Å². The van der Waals surface area contributed by atoms with Crippen molar-refractivity contribution in [2.24, 2.45) is 5.41 Å². The molecule has 0 atom stereocenters. The Morgan fingerprint density at radius 2 is 1.64 bits per heavy atom. The van der Waals surface area contributed by atoms with Gasteiger partial charge in [-0.25, -0.2) is 9.97 Å². The number of carbonyl (C=O) groups excluding carboxylic acids is 1. The average molecular weight is 530 g/mol. The van der Waals surface area contributed by atoms with Gasteiger partial charge in [-0.3, -0.25) is 14.6 Å². The molecule has 1 amide bonds. The van der Waals surface area contributed by atoms with Gasteiger partial charge < -0.3 is 14.9 Å². The molecular weight excluding hydrogens is 486 g/mol. The fourth-order valence-electron chi connectivity index (χ4n) is 7.14. The SMILES string of the molecule is Cc1cc(CN2CCC3(CC2)CCN(C2CCCCC2)C3)ccc1C(=O)N(Cc1ncc[nH]1)Cc1ncc[nH]1. The van der Waals surface area contributed by atoms with Crippen molar-refractivity contribution >= 4 is 5.91 Å². The fourth-order valence-corrected chi connectivity index (χ4v) is 7.14. The predicted molar refractivity (Wildman–Crippen MR) is 152 cm³/mol. The van der Waals surface area contributed by atoms with E-state index in [0.29, 0.717) is 18.5 Å². The first kappa shape index (κ1) is 26.3. The van der Waals surface area contributed by atoms with E-state index in [-0.39, 0.29) is 5.91 Å². The maximum absolute atomic E-state index is 13.6. The molecule has 3 aromatic rings. The highest BCUT2D eigenvalue weighted by molar-refractivity contribution is 5.95. The number of aromatic amines is 2. The van der Waals surface area contributed by atoms with Crippen LogP contribution in [0.25, 0.3) is 0 Å².